The van der Waals surface area contributed by atoms with Crippen molar-refractivity contribution in [1.82, 2.24) is 19.5 Å². The summed E-state index contributed by atoms with van der Waals surface area (Å²) >= 11 is 0. The van der Waals surface area contributed by atoms with E-state index in [0.29, 0.717) is 13.1 Å². The number of piperidine rings is 1. The normalized spacial score (nSPS) is 20.7. The second-order valence-corrected chi connectivity index (χ2v) is 6.85. The number of likely N-dealkylation sites (tertiary alicyclic amines) is 1. The number of ether oxygens (including phenoxy) is 1. The zero-order valence-electron chi connectivity index (χ0n) is 15.2. The van der Waals surface area contributed by atoms with Gasteiger partial charge in [0.15, 0.2) is 5.82 Å². The van der Waals surface area contributed by atoms with Gasteiger partial charge in [-0.05, 0) is 30.2 Å². The van der Waals surface area contributed by atoms with E-state index in [1.54, 1.807) is 7.11 Å². The molecule has 0 spiro atoms. The maximum atomic E-state index is 10.1. The molecular formula is C19H24N6O2. The van der Waals surface area contributed by atoms with E-state index < -0.39 is 6.10 Å². The largest absolute Gasteiger partial charge is 0.497 e. The van der Waals surface area contributed by atoms with E-state index in [2.05, 4.69) is 20.3 Å². The van der Waals surface area contributed by atoms with Gasteiger partial charge in [-0.3, -0.25) is 4.90 Å². The van der Waals surface area contributed by atoms with Gasteiger partial charge in [0.05, 0.1) is 13.2 Å². The fourth-order valence-corrected chi connectivity index (χ4v) is 3.47. The Labute approximate surface area is 157 Å². The van der Waals surface area contributed by atoms with E-state index in [-0.39, 0.29) is 6.04 Å². The number of hydrogen-bond acceptors (Lipinski definition) is 7. The standard InChI is InChI=1S/C19H24N6O2/c1-27-15-4-2-3-14(9-15)23-19-18-13(5-8-25(18)22-12-21-19)10-24-7-6-16(20)17(26)11-24/h2-5,8-9,12,16-17,26H,6-7,10-11,20H2,1H3,(H,21,22,23)/t16-,17?/m1/s1. The van der Waals surface area contributed by atoms with E-state index >= 15 is 0 Å². The number of nitrogens with zero attached hydrogens (tertiary/aromatic N) is 4. The van der Waals surface area contributed by atoms with Crippen LogP contribution in [0, 0.1) is 0 Å². The molecule has 8 nitrogen and oxygen atoms in total. The van der Waals surface area contributed by atoms with Gasteiger partial charge in [0.2, 0.25) is 0 Å². The Kier molecular flexibility index (Phi) is 4.93. The Balaban J connectivity index is 1.61. The average molecular weight is 368 g/mol. The number of hydrogen-bond donors (Lipinski definition) is 3. The zero-order valence-corrected chi connectivity index (χ0v) is 15.2. The third-order valence-electron chi connectivity index (χ3n) is 4.98. The van der Waals surface area contributed by atoms with Crippen LogP contribution in [-0.4, -0.2) is 56.9 Å². The second kappa shape index (κ2) is 7.51. The highest BCUT2D eigenvalue weighted by Crippen LogP contribution is 2.26. The third kappa shape index (κ3) is 3.73. The Hall–Kier alpha value is -2.68. The molecule has 0 radical (unpaired) electrons. The molecule has 3 heterocycles. The van der Waals surface area contributed by atoms with Gasteiger partial charge >= 0.3 is 0 Å². The quantitative estimate of drug-likeness (QED) is 0.625. The molecule has 27 heavy (non-hydrogen) atoms. The summed E-state index contributed by atoms with van der Waals surface area (Å²) in [5.74, 6) is 1.51. The number of benzene rings is 1. The van der Waals surface area contributed by atoms with Crippen LogP contribution in [0.25, 0.3) is 5.52 Å². The number of aliphatic hydroxyl groups excluding tert-OH is 1. The predicted molar refractivity (Wildman–Crippen MR) is 103 cm³/mol. The fraction of sp³-hybridized carbons (Fsp3) is 0.368. The topological polar surface area (TPSA) is 101 Å². The Bertz CT molecular complexity index is 927. The lowest BCUT2D eigenvalue weighted by Crippen LogP contribution is -2.50. The van der Waals surface area contributed by atoms with Gasteiger partial charge < -0.3 is 20.9 Å². The van der Waals surface area contributed by atoms with E-state index in [4.69, 9.17) is 10.5 Å². The molecule has 0 aliphatic carbocycles. The van der Waals surface area contributed by atoms with Gasteiger partial charge in [-0.2, -0.15) is 5.10 Å². The van der Waals surface area contributed by atoms with E-state index in [1.165, 1.54) is 6.33 Å². The van der Waals surface area contributed by atoms with Crippen molar-refractivity contribution in [2.75, 3.05) is 25.5 Å². The second-order valence-electron chi connectivity index (χ2n) is 6.85. The average Bonchev–Trinajstić information content (AvgIpc) is 3.09. The molecule has 1 aliphatic rings. The van der Waals surface area contributed by atoms with Crippen LogP contribution in [0.15, 0.2) is 42.9 Å². The molecule has 3 aromatic rings. The molecule has 2 atom stereocenters. The van der Waals surface area contributed by atoms with Crippen LogP contribution in [0.2, 0.25) is 0 Å². The molecule has 142 valence electrons. The molecule has 4 N–H and O–H groups in total. The predicted octanol–water partition coefficient (Wildman–Crippen LogP) is 1.38. The molecule has 1 aliphatic heterocycles. The van der Waals surface area contributed by atoms with Crippen LogP contribution in [0.4, 0.5) is 11.5 Å². The van der Waals surface area contributed by atoms with Crippen LogP contribution in [0.3, 0.4) is 0 Å². The first-order valence-corrected chi connectivity index (χ1v) is 9.02. The number of nitrogens with two attached hydrogens (primary N) is 1. The highest BCUT2D eigenvalue weighted by molar-refractivity contribution is 5.76. The number of rotatable bonds is 5. The molecule has 1 aromatic carbocycles. The van der Waals surface area contributed by atoms with Gasteiger partial charge in [0, 0.05) is 43.6 Å². The first-order valence-electron chi connectivity index (χ1n) is 9.02. The van der Waals surface area contributed by atoms with Crippen LogP contribution < -0.4 is 15.8 Å². The zero-order chi connectivity index (χ0) is 18.8. The summed E-state index contributed by atoms with van der Waals surface area (Å²) in [4.78, 5) is 6.65. The van der Waals surface area contributed by atoms with Crippen LogP contribution in [0.1, 0.15) is 12.0 Å². The maximum absolute atomic E-state index is 10.1. The van der Waals surface area contributed by atoms with Crippen LogP contribution in [-0.2, 0) is 6.54 Å². The van der Waals surface area contributed by atoms with Crippen molar-refractivity contribution in [3.8, 4) is 5.75 Å². The van der Waals surface area contributed by atoms with Crippen molar-refractivity contribution >= 4 is 17.0 Å². The summed E-state index contributed by atoms with van der Waals surface area (Å²) in [6, 6.07) is 9.62. The lowest BCUT2D eigenvalue weighted by Gasteiger charge is -2.33. The number of nitrogens with one attached hydrogen (secondary N) is 1. The van der Waals surface area contributed by atoms with Gasteiger partial charge in [0.1, 0.15) is 17.6 Å². The van der Waals surface area contributed by atoms with Crippen molar-refractivity contribution < 1.29 is 9.84 Å². The lowest BCUT2D eigenvalue weighted by molar-refractivity contribution is 0.0501. The first kappa shape index (κ1) is 17.7. The van der Waals surface area contributed by atoms with E-state index in [1.807, 2.05) is 41.0 Å². The van der Waals surface area contributed by atoms with Crippen LogP contribution >= 0.6 is 0 Å². The number of aliphatic hydroxyl groups is 1. The summed E-state index contributed by atoms with van der Waals surface area (Å²) in [6.45, 7) is 2.15. The molecule has 0 saturated carbocycles. The minimum absolute atomic E-state index is 0.138. The number of methoxy groups -OCH3 is 1. The van der Waals surface area contributed by atoms with Crippen molar-refractivity contribution in [2.24, 2.45) is 5.73 Å². The van der Waals surface area contributed by atoms with Crippen molar-refractivity contribution in [3.05, 3.63) is 48.4 Å². The fourth-order valence-electron chi connectivity index (χ4n) is 3.47. The van der Waals surface area contributed by atoms with E-state index in [9.17, 15) is 5.11 Å². The molecule has 4 rings (SSSR count). The van der Waals surface area contributed by atoms with Crippen molar-refractivity contribution in [1.29, 1.82) is 0 Å². The molecule has 0 bridgehead atoms. The summed E-state index contributed by atoms with van der Waals surface area (Å²) in [5.41, 5.74) is 8.83. The molecule has 1 fully saturated rings. The number of anilines is 2. The highest BCUT2D eigenvalue weighted by atomic mass is 16.5. The third-order valence-corrected chi connectivity index (χ3v) is 4.98. The molecule has 2 aromatic heterocycles. The monoisotopic (exact) mass is 368 g/mol. The van der Waals surface area contributed by atoms with Crippen molar-refractivity contribution in [2.45, 2.75) is 25.1 Å². The minimum Gasteiger partial charge on any atom is -0.497 e. The molecule has 1 saturated heterocycles. The number of aromatic nitrogens is 3. The molecule has 0 amide bonds. The molecular weight excluding hydrogens is 344 g/mol. The van der Waals surface area contributed by atoms with Gasteiger partial charge in [-0.15, -0.1) is 0 Å². The first-order chi connectivity index (χ1) is 13.1. The lowest BCUT2D eigenvalue weighted by atomic mass is 10.0. The van der Waals surface area contributed by atoms with Gasteiger partial charge in [-0.1, -0.05) is 6.07 Å². The van der Waals surface area contributed by atoms with Crippen LogP contribution in [0.5, 0.6) is 5.75 Å². The number of β-amino-alcohol motifs (C(OH)–C–C–N with tert-alkyl or cyclic N) is 1. The Morgan fingerprint density at radius 1 is 1.37 bits per heavy atom. The minimum atomic E-state index is -0.488. The smallest absolute Gasteiger partial charge is 0.158 e. The Morgan fingerprint density at radius 3 is 3.07 bits per heavy atom. The maximum Gasteiger partial charge on any atom is 0.158 e. The van der Waals surface area contributed by atoms with Gasteiger partial charge in [-0.25, -0.2) is 9.50 Å². The summed E-state index contributed by atoms with van der Waals surface area (Å²) < 4.78 is 7.11. The summed E-state index contributed by atoms with van der Waals surface area (Å²) in [6.07, 6.45) is 3.76. The summed E-state index contributed by atoms with van der Waals surface area (Å²) in [7, 11) is 1.64. The highest BCUT2D eigenvalue weighted by Gasteiger charge is 2.25. The Morgan fingerprint density at radius 2 is 2.26 bits per heavy atom. The number of fused-ring (bicyclic) bond motifs is 1. The van der Waals surface area contributed by atoms with E-state index in [0.717, 1.165) is 41.3 Å². The summed E-state index contributed by atoms with van der Waals surface area (Å²) in [5, 5.41) is 17.7. The van der Waals surface area contributed by atoms with Crippen molar-refractivity contribution in [3.63, 3.8) is 0 Å². The van der Waals surface area contributed by atoms with Gasteiger partial charge in [0.25, 0.3) is 0 Å². The molecule has 1 unspecified atom stereocenters. The SMILES string of the molecule is COc1cccc(Nc2ncnn3ccc(CN4CC[C@@H](N)C(O)C4)c23)c1. The molecule has 8 heteroatoms.